The van der Waals surface area contributed by atoms with Gasteiger partial charge in [-0.3, -0.25) is 9.10 Å². The molecule has 3 aromatic carbocycles. The molecule has 4 aromatic rings. The van der Waals surface area contributed by atoms with Crippen LogP contribution < -0.4 is 9.73 Å². The highest BCUT2D eigenvalue weighted by Gasteiger charge is 2.27. The van der Waals surface area contributed by atoms with Crippen LogP contribution in [0.1, 0.15) is 33.6 Å². The summed E-state index contributed by atoms with van der Waals surface area (Å²) in [5.41, 5.74) is 10.0. The summed E-state index contributed by atoms with van der Waals surface area (Å²) in [6.07, 6.45) is 1.57. The maximum atomic E-state index is 13.5. The summed E-state index contributed by atoms with van der Waals surface area (Å²) >= 11 is 6.01. The lowest BCUT2D eigenvalue weighted by atomic mass is 10.1. The van der Waals surface area contributed by atoms with Gasteiger partial charge in [0.05, 0.1) is 16.8 Å². The number of nitrogens with zero attached hydrogens (tertiary/aromatic N) is 3. The molecule has 0 aliphatic rings. The number of aryl methyl sites for hydroxylation is 4. The summed E-state index contributed by atoms with van der Waals surface area (Å²) in [6.45, 7) is 9.56. The van der Waals surface area contributed by atoms with Crippen molar-refractivity contribution in [3.8, 4) is 5.69 Å². The summed E-state index contributed by atoms with van der Waals surface area (Å²) in [6, 6.07) is 21.1. The molecule has 9 heteroatoms. The van der Waals surface area contributed by atoms with Crippen LogP contribution in [0.5, 0.6) is 0 Å². The van der Waals surface area contributed by atoms with Gasteiger partial charge in [0, 0.05) is 27.7 Å². The Balaban J connectivity index is 1.56. The molecule has 0 spiro atoms. The monoisotopic (exact) mass is 562 g/mol. The first kappa shape index (κ1) is 28.1. The molecule has 7 nitrogen and oxygen atoms in total. The summed E-state index contributed by atoms with van der Waals surface area (Å²) in [4.78, 5) is 13.0. The van der Waals surface area contributed by atoms with Gasteiger partial charge in [-0.25, -0.2) is 13.8 Å². The normalized spacial score (nSPS) is 11.6. The molecular formula is C30H31ClN4O3S. The number of hydrogen-bond acceptors (Lipinski definition) is 4. The van der Waals surface area contributed by atoms with Crippen molar-refractivity contribution in [2.24, 2.45) is 5.10 Å². The topological polar surface area (TPSA) is 83.8 Å². The average Bonchev–Trinajstić information content (AvgIpc) is 3.16. The SMILES string of the molecule is Cc1ccc(S(=O)(=O)N(CC(=O)N/N=C\c2cc(C)n(-c3ccc(C)cc3C)c2C)c2ccc(Cl)cc2)cc1. The fourth-order valence-electron chi connectivity index (χ4n) is 4.44. The van der Waals surface area contributed by atoms with Crippen LogP contribution >= 0.6 is 11.6 Å². The first-order valence-electron chi connectivity index (χ1n) is 12.4. The minimum atomic E-state index is -4.03. The number of carbonyl (C=O) groups excluding carboxylic acids is 1. The van der Waals surface area contributed by atoms with E-state index in [1.54, 1.807) is 42.6 Å². The van der Waals surface area contributed by atoms with Crippen molar-refractivity contribution in [3.05, 3.63) is 111 Å². The Bertz CT molecular complexity index is 1640. The van der Waals surface area contributed by atoms with Crippen molar-refractivity contribution in [3.63, 3.8) is 0 Å². The largest absolute Gasteiger partial charge is 0.318 e. The van der Waals surface area contributed by atoms with E-state index >= 15 is 0 Å². The quantitative estimate of drug-likeness (QED) is 0.210. The van der Waals surface area contributed by atoms with E-state index in [9.17, 15) is 13.2 Å². The van der Waals surface area contributed by atoms with E-state index in [1.807, 2.05) is 26.8 Å². The molecule has 0 aliphatic carbocycles. The van der Waals surface area contributed by atoms with Gasteiger partial charge < -0.3 is 4.57 Å². The van der Waals surface area contributed by atoms with Gasteiger partial charge in [-0.1, -0.05) is 47.0 Å². The van der Waals surface area contributed by atoms with Crippen LogP contribution in [0.25, 0.3) is 5.69 Å². The zero-order chi connectivity index (χ0) is 28.3. The highest BCUT2D eigenvalue weighted by Crippen LogP contribution is 2.26. The highest BCUT2D eigenvalue weighted by molar-refractivity contribution is 7.92. The third-order valence-corrected chi connectivity index (χ3v) is 8.51. The number of rotatable bonds is 8. The Labute approximate surface area is 234 Å². The lowest BCUT2D eigenvalue weighted by molar-refractivity contribution is -0.119. The average molecular weight is 563 g/mol. The fourth-order valence-corrected chi connectivity index (χ4v) is 5.99. The Hall–Kier alpha value is -3.88. The zero-order valence-electron chi connectivity index (χ0n) is 22.6. The maximum absolute atomic E-state index is 13.5. The van der Waals surface area contributed by atoms with Crippen molar-refractivity contribution < 1.29 is 13.2 Å². The van der Waals surface area contributed by atoms with Gasteiger partial charge in [-0.05, 0) is 88.7 Å². The number of hydrogen-bond donors (Lipinski definition) is 1. The molecule has 0 saturated heterocycles. The first-order valence-corrected chi connectivity index (χ1v) is 14.2. The van der Waals surface area contributed by atoms with Gasteiger partial charge in [0.15, 0.2) is 0 Å². The summed E-state index contributed by atoms with van der Waals surface area (Å²) in [7, 11) is -4.03. The van der Waals surface area contributed by atoms with Gasteiger partial charge >= 0.3 is 0 Å². The number of carbonyl (C=O) groups is 1. The molecule has 1 heterocycles. The second-order valence-electron chi connectivity index (χ2n) is 9.55. The van der Waals surface area contributed by atoms with Gasteiger partial charge in [-0.15, -0.1) is 0 Å². The predicted octanol–water partition coefficient (Wildman–Crippen LogP) is 6.02. The van der Waals surface area contributed by atoms with E-state index in [-0.39, 0.29) is 4.90 Å². The zero-order valence-corrected chi connectivity index (χ0v) is 24.1. The molecule has 0 fully saturated rings. The van der Waals surface area contributed by atoms with Crippen LogP contribution in [0.4, 0.5) is 5.69 Å². The summed E-state index contributed by atoms with van der Waals surface area (Å²) in [5, 5.41) is 4.59. The maximum Gasteiger partial charge on any atom is 0.264 e. The van der Waals surface area contributed by atoms with E-state index in [2.05, 4.69) is 47.1 Å². The molecule has 39 heavy (non-hydrogen) atoms. The molecule has 1 aromatic heterocycles. The van der Waals surface area contributed by atoms with E-state index in [0.29, 0.717) is 10.7 Å². The van der Waals surface area contributed by atoms with Crippen molar-refractivity contribution in [2.45, 2.75) is 39.5 Å². The fraction of sp³-hybridized carbons (Fsp3) is 0.200. The van der Waals surface area contributed by atoms with Crippen molar-refractivity contribution in [1.29, 1.82) is 0 Å². The van der Waals surface area contributed by atoms with Crippen molar-refractivity contribution >= 4 is 39.4 Å². The van der Waals surface area contributed by atoms with Crippen LogP contribution in [-0.2, 0) is 14.8 Å². The van der Waals surface area contributed by atoms with Crippen molar-refractivity contribution in [1.82, 2.24) is 9.99 Å². The molecule has 1 N–H and O–H groups in total. The second kappa shape index (κ2) is 11.5. The first-order chi connectivity index (χ1) is 18.5. The third-order valence-electron chi connectivity index (χ3n) is 6.47. The van der Waals surface area contributed by atoms with E-state index in [4.69, 9.17) is 11.6 Å². The second-order valence-corrected chi connectivity index (χ2v) is 11.8. The van der Waals surface area contributed by atoms with Gasteiger partial charge in [-0.2, -0.15) is 5.10 Å². The molecule has 4 rings (SSSR count). The Kier molecular flexibility index (Phi) is 8.28. The van der Waals surface area contributed by atoms with Crippen LogP contribution in [0, 0.1) is 34.6 Å². The number of hydrazone groups is 1. The van der Waals surface area contributed by atoms with Crippen LogP contribution in [-0.4, -0.2) is 31.7 Å². The van der Waals surface area contributed by atoms with Crippen LogP contribution in [0.3, 0.4) is 0 Å². The molecular weight excluding hydrogens is 532 g/mol. The highest BCUT2D eigenvalue weighted by atomic mass is 35.5. The minimum absolute atomic E-state index is 0.0817. The number of sulfonamides is 1. The molecule has 0 unspecified atom stereocenters. The molecule has 202 valence electrons. The molecule has 1 amide bonds. The number of anilines is 1. The smallest absolute Gasteiger partial charge is 0.264 e. The van der Waals surface area contributed by atoms with Crippen LogP contribution in [0.15, 0.2) is 82.8 Å². The van der Waals surface area contributed by atoms with E-state index in [0.717, 1.165) is 38.1 Å². The Morgan fingerprint density at radius 3 is 2.21 bits per heavy atom. The van der Waals surface area contributed by atoms with Crippen molar-refractivity contribution in [2.75, 3.05) is 10.8 Å². The number of nitrogens with one attached hydrogen (secondary N) is 1. The standard InChI is InChI=1S/C30H31ClN4O3S/c1-20-6-13-28(14-7-20)39(37,38)34(27-11-9-26(31)10-12-27)19-30(36)33-32-18-25-17-23(4)35(24(25)5)29-15-8-21(2)16-22(29)3/h6-18H,19H2,1-5H3,(H,33,36)/b32-18-. The molecule has 0 saturated carbocycles. The molecule has 0 radical (unpaired) electrons. The van der Waals surface area contributed by atoms with Gasteiger partial charge in [0.2, 0.25) is 0 Å². The number of amides is 1. The Morgan fingerprint density at radius 1 is 0.923 bits per heavy atom. The molecule has 0 bridgehead atoms. The van der Waals surface area contributed by atoms with E-state index < -0.39 is 22.5 Å². The number of halogens is 1. The van der Waals surface area contributed by atoms with Crippen LogP contribution in [0.2, 0.25) is 5.02 Å². The lowest BCUT2D eigenvalue weighted by Gasteiger charge is -2.23. The third kappa shape index (κ3) is 6.24. The number of benzene rings is 3. The molecule has 0 aliphatic heterocycles. The summed E-state index contributed by atoms with van der Waals surface area (Å²) in [5.74, 6) is -0.583. The van der Waals surface area contributed by atoms with Gasteiger partial charge in [0.1, 0.15) is 6.54 Å². The predicted molar refractivity (Wildman–Crippen MR) is 158 cm³/mol. The van der Waals surface area contributed by atoms with E-state index in [1.165, 1.54) is 17.7 Å². The van der Waals surface area contributed by atoms with Gasteiger partial charge in [0.25, 0.3) is 15.9 Å². The molecule has 0 atom stereocenters. The number of aromatic nitrogens is 1. The summed E-state index contributed by atoms with van der Waals surface area (Å²) < 4.78 is 30.2. The Morgan fingerprint density at radius 2 is 1.56 bits per heavy atom. The minimum Gasteiger partial charge on any atom is -0.318 e. The lowest BCUT2D eigenvalue weighted by Crippen LogP contribution is -2.39.